The largest absolute Gasteiger partial charge is 0.361 e. The maximum atomic E-state index is 3.40. The summed E-state index contributed by atoms with van der Waals surface area (Å²) < 4.78 is 0. The van der Waals surface area contributed by atoms with Crippen molar-refractivity contribution in [1.82, 2.24) is 10.3 Å². The third kappa shape index (κ3) is 1.96. The van der Waals surface area contributed by atoms with Gasteiger partial charge in [0.15, 0.2) is 0 Å². The highest BCUT2D eigenvalue weighted by Gasteiger charge is 1.97. The molecule has 1 aromatic carbocycles. The molecule has 0 aliphatic heterocycles. The molecule has 2 nitrogen and oxygen atoms in total. The van der Waals surface area contributed by atoms with Crippen LogP contribution >= 0.6 is 0 Å². The molecule has 74 valence electrons. The molecule has 2 heteroatoms. The summed E-state index contributed by atoms with van der Waals surface area (Å²) in [5.74, 6) is 0. The molecule has 0 fully saturated rings. The molecular formula is C12H16N2. The van der Waals surface area contributed by atoms with Crippen LogP contribution < -0.4 is 5.32 Å². The molecule has 0 aliphatic carbocycles. The van der Waals surface area contributed by atoms with Crippen LogP contribution in [-0.2, 0) is 6.54 Å². The van der Waals surface area contributed by atoms with Gasteiger partial charge in [0.2, 0.25) is 0 Å². The zero-order valence-electron chi connectivity index (χ0n) is 8.67. The van der Waals surface area contributed by atoms with Gasteiger partial charge in [-0.2, -0.15) is 0 Å². The van der Waals surface area contributed by atoms with Gasteiger partial charge in [0, 0.05) is 24.3 Å². The van der Waals surface area contributed by atoms with Crippen LogP contribution in [0.25, 0.3) is 10.9 Å². The summed E-state index contributed by atoms with van der Waals surface area (Å²) in [6.07, 6.45) is 1.98. The van der Waals surface area contributed by atoms with Gasteiger partial charge in [0.1, 0.15) is 0 Å². The van der Waals surface area contributed by atoms with Crippen LogP contribution in [0.15, 0.2) is 30.5 Å². The van der Waals surface area contributed by atoms with Gasteiger partial charge in [0.05, 0.1) is 0 Å². The molecule has 0 saturated carbocycles. The van der Waals surface area contributed by atoms with E-state index in [0.717, 1.165) is 6.54 Å². The van der Waals surface area contributed by atoms with Crippen LogP contribution in [0.2, 0.25) is 0 Å². The van der Waals surface area contributed by atoms with Gasteiger partial charge in [-0.1, -0.05) is 26.0 Å². The molecule has 0 aliphatic rings. The first-order valence-electron chi connectivity index (χ1n) is 5.05. The van der Waals surface area contributed by atoms with Crippen molar-refractivity contribution in [2.24, 2.45) is 0 Å². The second-order valence-electron chi connectivity index (χ2n) is 3.93. The Hall–Kier alpha value is -1.28. The summed E-state index contributed by atoms with van der Waals surface area (Å²) in [6, 6.07) is 9.16. The van der Waals surface area contributed by atoms with Crippen LogP contribution in [0, 0.1) is 0 Å². The van der Waals surface area contributed by atoms with E-state index in [0.29, 0.717) is 6.04 Å². The van der Waals surface area contributed by atoms with Crippen LogP contribution in [0.4, 0.5) is 0 Å². The summed E-state index contributed by atoms with van der Waals surface area (Å²) >= 11 is 0. The van der Waals surface area contributed by atoms with Gasteiger partial charge < -0.3 is 10.3 Å². The average molecular weight is 188 g/mol. The van der Waals surface area contributed by atoms with E-state index < -0.39 is 0 Å². The van der Waals surface area contributed by atoms with E-state index in [4.69, 9.17) is 0 Å². The lowest BCUT2D eigenvalue weighted by Crippen LogP contribution is -2.21. The van der Waals surface area contributed by atoms with E-state index in [1.807, 2.05) is 6.20 Å². The Morgan fingerprint density at radius 3 is 2.93 bits per heavy atom. The predicted octanol–water partition coefficient (Wildman–Crippen LogP) is 2.67. The normalized spacial score (nSPS) is 11.4. The number of H-pyrrole nitrogens is 1. The van der Waals surface area contributed by atoms with Crippen LogP contribution in [0.5, 0.6) is 0 Å². The standard InChI is InChI=1S/C12H16N2/c1-9(2)14-8-10-3-4-11-5-6-13-12(11)7-10/h3-7,9,13-14H,8H2,1-2H3. The SMILES string of the molecule is CC(C)NCc1ccc2cc[nH]c2c1. The number of hydrogen-bond acceptors (Lipinski definition) is 1. The minimum atomic E-state index is 0.536. The molecule has 0 bridgehead atoms. The summed E-state index contributed by atoms with van der Waals surface area (Å²) in [5, 5.41) is 4.68. The molecule has 2 rings (SSSR count). The smallest absolute Gasteiger partial charge is 0.0457 e. The number of hydrogen-bond donors (Lipinski definition) is 2. The number of aromatic amines is 1. The van der Waals surface area contributed by atoms with Crippen LogP contribution in [-0.4, -0.2) is 11.0 Å². The Morgan fingerprint density at radius 2 is 2.14 bits per heavy atom. The molecule has 14 heavy (non-hydrogen) atoms. The summed E-state index contributed by atoms with van der Waals surface area (Å²) in [4.78, 5) is 3.22. The van der Waals surface area contributed by atoms with Gasteiger partial charge in [-0.05, 0) is 23.1 Å². The van der Waals surface area contributed by atoms with Crippen molar-refractivity contribution in [3.63, 3.8) is 0 Å². The highest BCUT2D eigenvalue weighted by molar-refractivity contribution is 5.79. The van der Waals surface area contributed by atoms with Crippen molar-refractivity contribution in [3.05, 3.63) is 36.0 Å². The van der Waals surface area contributed by atoms with E-state index >= 15 is 0 Å². The molecule has 0 radical (unpaired) electrons. The first-order valence-corrected chi connectivity index (χ1v) is 5.05. The van der Waals surface area contributed by atoms with Gasteiger partial charge in [-0.15, -0.1) is 0 Å². The molecular weight excluding hydrogens is 172 g/mol. The van der Waals surface area contributed by atoms with Crippen molar-refractivity contribution >= 4 is 10.9 Å². The molecule has 2 aromatic rings. The Morgan fingerprint density at radius 1 is 1.29 bits per heavy atom. The Bertz CT molecular complexity index is 415. The lowest BCUT2D eigenvalue weighted by Gasteiger charge is -2.07. The van der Waals surface area contributed by atoms with E-state index in [1.54, 1.807) is 0 Å². The van der Waals surface area contributed by atoms with Crippen molar-refractivity contribution in [2.75, 3.05) is 0 Å². The summed E-state index contributed by atoms with van der Waals surface area (Å²) in [5.41, 5.74) is 2.54. The van der Waals surface area contributed by atoms with E-state index in [9.17, 15) is 0 Å². The third-order valence-corrected chi connectivity index (χ3v) is 2.33. The first kappa shape index (κ1) is 9.28. The highest BCUT2D eigenvalue weighted by Crippen LogP contribution is 2.13. The Balaban J connectivity index is 2.17. The topological polar surface area (TPSA) is 27.8 Å². The average Bonchev–Trinajstić information content (AvgIpc) is 2.61. The quantitative estimate of drug-likeness (QED) is 0.761. The minimum Gasteiger partial charge on any atom is -0.361 e. The molecule has 0 unspecified atom stereocenters. The van der Waals surface area contributed by atoms with Crippen molar-refractivity contribution in [3.8, 4) is 0 Å². The number of aromatic nitrogens is 1. The minimum absolute atomic E-state index is 0.536. The molecule has 2 N–H and O–H groups in total. The fourth-order valence-electron chi connectivity index (χ4n) is 1.53. The number of nitrogens with one attached hydrogen (secondary N) is 2. The van der Waals surface area contributed by atoms with Crippen LogP contribution in [0.3, 0.4) is 0 Å². The fraction of sp³-hybridized carbons (Fsp3) is 0.333. The van der Waals surface area contributed by atoms with E-state index in [-0.39, 0.29) is 0 Å². The number of fused-ring (bicyclic) bond motifs is 1. The Labute approximate surface area is 84.3 Å². The molecule has 1 heterocycles. The van der Waals surface area contributed by atoms with Gasteiger partial charge >= 0.3 is 0 Å². The van der Waals surface area contributed by atoms with Gasteiger partial charge in [0.25, 0.3) is 0 Å². The van der Waals surface area contributed by atoms with E-state index in [1.165, 1.54) is 16.5 Å². The molecule has 0 atom stereocenters. The first-order chi connectivity index (χ1) is 6.75. The summed E-state index contributed by atoms with van der Waals surface area (Å²) in [6.45, 7) is 5.26. The maximum Gasteiger partial charge on any atom is 0.0457 e. The third-order valence-electron chi connectivity index (χ3n) is 2.33. The summed E-state index contributed by atoms with van der Waals surface area (Å²) in [7, 11) is 0. The monoisotopic (exact) mass is 188 g/mol. The number of benzene rings is 1. The zero-order valence-corrected chi connectivity index (χ0v) is 8.67. The molecule has 0 amide bonds. The zero-order chi connectivity index (χ0) is 9.97. The lowest BCUT2D eigenvalue weighted by atomic mass is 10.1. The van der Waals surface area contributed by atoms with Crippen molar-refractivity contribution in [2.45, 2.75) is 26.4 Å². The second-order valence-corrected chi connectivity index (χ2v) is 3.93. The lowest BCUT2D eigenvalue weighted by molar-refractivity contribution is 0.589. The van der Waals surface area contributed by atoms with E-state index in [2.05, 4.69) is 48.4 Å². The van der Waals surface area contributed by atoms with Crippen LogP contribution in [0.1, 0.15) is 19.4 Å². The number of rotatable bonds is 3. The predicted molar refractivity (Wildman–Crippen MR) is 60.3 cm³/mol. The van der Waals surface area contributed by atoms with Crippen molar-refractivity contribution < 1.29 is 0 Å². The van der Waals surface area contributed by atoms with Crippen molar-refractivity contribution in [1.29, 1.82) is 0 Å². The maximum absolute atomic E-state index is 3.40. The fourth-order valence-corrected chi connectivity index (χ4v) is 1.53. The highest BCUT2D eigenvalue weighted by atomic mass is 14.9. The molecule has 0 saturated heterocycles. The van der Waals surface area contributed by atoms with Gasteiger partial charge in [-0.3, -0.25) is 0 Å². The second kappa shape index (κ2) is 3.84. The molecule has 1 aromatic heterocycles. The van der Waals surface area contributed by atoms with Gasteiger partial charge in [-0.25, -0.2) is 0 Å². The molecule has 0 spiro atoms. The Kier molecular flexibility index (Phi) is 2.55.